The van der Waals surface area contributed by atoms with Crippen molar-refractivity contribution in [2.45, 2.75) is 12.8 Å². The Morgan fingerprint density at radius 1 is 1.40 bits per heavy atom. The molecule has 0 fully saturated rings. The molecule has 0 aromatic carbocycles. The summed E-state index contributed by atoms with van der Waals surface area (Å²) in [6, 6.07) is 0. The van der Waals surface area contributed by atoms with Crippen LogP contribution >= 0.6 is 0 Å². The highest BCUT2D eigenvalue weighted by Gasteiger charge is 2.15. The third-order valence-electron chi connectivity index (χ3n) is 2.50. The maximum atomic E-state index is 11.9. The predicted octanol–water partition coefficient (Wildman–Crippen LogP) is 0.0478. The van der Waals surface area contributed by atoms with Crippen LogP contribution in [0.4, 0.5) is 5.82 Å². The van der Waals surface area contributed by atoms with Gasteiger partial charge in [-0.2, -0.15) is 0 Å². The normalized spacial score (nSPS) is 11.4. The minimum Gasteiger partial charge on any atom is -0.469 e. The van der Waals surface area contributed by atoms with Crippen LogP contribution < -0.4 is 4.72 Å². The third kappa shape index (κ3) is 3.41. The summed E-state index contributed by atoms with van der Waals surface area (Å²) < 4.78 is 30.5. The summed E-state index contributed by atoms with van der Waals surface area (Å²) in [6.45, 7) is 0. The molecule has 2 aromatic heterocycles. The number of sulfonamides is 1. The second-order valence-electron chi connectivity index (χ2n) is 3.92. The summed E-state index contributed by atoms with van der Waals surface area (Å²) >= 11 is 0. The van der Waals surface area contributed by atoms with Gasteiger partial charge in [0.05, 0.1) is 19.2 Å². The summed E-state index contributed by atoms with van der Waals surface area (Å²) in [7, 11) is -2.35. The molecule has 0 aliphatic heterocycles. The molecule has 0 spiro atoms. The number of nitrogens with zero attached hydrogens (tertiary/aromatic N) is 3. The second kappa shape index (κ2) is 5.82. The fourth-order valence-electron chi connectivity index (χ4n) is 1.55. The number of aromatic nitrogens is 4. The average Bonchev–Trinajstić information content (AvgIpc) is 2.87. The van der Waals surface area contributed by atoms with Gasteiger partial charge in [0.25, 0.3) is 0 Å². The van der Waals surface area contributed by atoms with Gasteiger partial charge in [-0.3, -0.25) is 9.52 Å². The first kappa shape index (κ1) is 14.2. The molecule has 0 amide bonds. The van der Waals surface area contributed by atoms with E-state index in [-0.39, 0.29) is 24.4 Å². The van der Waals surface area contributed by atoms with Crippen LogP contribution in [0.2, 0.25) is 0 Å². The van der Waals surface area contributed by atoms with E-state index in [2.05, 4.69) is 29.4 Å². The van der Waals surface area contributed by atoms with Gasteiger partial charge in [-0.1, -0.05) is 0 Å². The van der Waals surface area contributed by atoms with Gasteiger partial charge >= 0.3 is 5.97 Å². The molecule has 0 aliphatic rings. The molecule has 0 radical (unpaired) electrons. The zero-order valence-corrected chi connectivity index (χ0v) is 11.5. The van der Waals surface area contributed by atoms with E-state index >= 15 is 0 Å². The number of aromatic amines is 1. The van der Waals surface area contributed by atoms with Crippen LogP contribution in [0.3, 0.4) is 0 Å². The maximum absolute atomic E-state index is 11.9. The average molecular weight is 299 g/mol. The van der Waals surface area contributed by atoms with Crippen molar-refractivity contribution < 1.29 is 17.9 Å². The Balaban J connectivity index is 2.04. The van der Waals surface area contributed by atoms with Crippen LogP contribution in [0.15, 0.2) is 12.7 Å². The van der Waals surface area contributed by atoms with Crippen molar-refractivity contribution in [1.82, 2.24) is 19.9 Å². The van der Waals surface area contributed by atoms with E-state index in [9.17, 15) is 13.2 Å². The van der Waals surface area contributed by atoms with Gasteiger partial charge in [-0.05, 0) is 6.42 Å². The van der Waals surface area contributed by atoms with Crippen LogP contribution in [-0.4, -0.2) is 47.2 Å². The quantitative estimate of drug-likeness (QED) is 0.721. The van der Waals surface area contributed by atoms with Crippen molar-refractivity contribution in [3.63, 3.8) is 0 Å². The van der Waals surface area contributed by atoms with Gasteiger partial charge in [-0.25, -0.2) is 23.4 Å². The monoisotopic (exact) mass is 299 g/mol. The lowest BCUT2D eigenvalue weighted by atomic mass is 10.3. The third-order valence-corrected chi connectivity index (χ3v) is 3.83. The molecule has 2 aromatic rings. The van der Waals surface area contributed by atoms with E-state index in [4.69, 9.17) is 0 Å². The summed E-state index contributed by atoms with van der Waals surface area (Å²) in [5.41, 5.74) is 0.774. The number of fused-ring (bicyclic) bond motifs is 1. The number of hydrogen-bond acceptors (Lipinski definition) is 7. The zero-order chi connectivity index (χ0) is 14.6. The van der Waals surface area contributed by atoms with E-state index in [0.29, 0.717) is 11.2 Å². The van der Waals surface area contributed by atoms with Crippen molar-refractivity contribution in [3.8, 4) is 0 Å². The van der Waals surface area contributed by atoms with Crippen molar-refractivity contribution in [1.29, 1.82) is 0 Å². The lowest BCUT2D eigenvalue weighted by Gasteiger charge is -2.07. The molecule has 10 heteroatoms. The van der Waals surface area contributed by atoms with Crippen LogP contribution in [0, 0.1) is 0 Å². The van der Waals surface area contributed by atoms with Crippen molar-refractivity contribution >= 4 is 33.0 Å². The molecule has 20 heavy (non-hydrogen) atoms. The number of nitrogens with one attached hydrogen (secondary N) is 2. The number of ether oxygens (including phenoxy) is 1. The van der Waals surface area contributed by atoms with E-state index in [0.717, 1.165) is 0 Å². The Kier molecular flexibility index (Phi) is 4.13. The molecule has 2 N–H and O–H groups in total. The molecule has 0 bridgehead atoms. The fraction of sp³-hybridized carbons (Fsp3) is 0.400. The molecule has 108 valence electrons. The summed E-state index contributed by atoms with van der Waals surface area (Å²) in [5.74, 6) is -0.523. The minimum atomic E-state index is -3.60. The molecule has 0 atom stereocenters. The van der Waals surface area contributed by atoms with Gasteiger partial charge in [0.1, 0.15) is 11.8 Å². The van der Waals surface area contributed by atoms with Crippen molar-refractivity contribution in [2.75, 3.05) is 17.6 Å². The second-order valence-corrected chi connectivity index (χ2v) is 5.77. The Morgan fingerprint density at radius 3 is 2.95 bits per heavy atom. The number of methoxy groups -OCH3 is 1. The number of hydrogen-bond donors (Lipinski definition) is 2. The number of esters is 1. The smallest absolute Gasteiger partial charge is 0.305 e. The first-order valence-corrected chi connectivity index (χ1v) is 7.38. The molecule has 0 saturated carbocycles. The van der Waals surface area contributed by atoms with E-state index in [1.54, 1.807) is 0 Å². The molecule has 2 rings (SSSR count). The van der Waals surface area contributed by atoms with Gasteiger partial charge in [0, 0.05) is 6.42 Å². The van der Waals surface area contributed by atoms with E-state index < -0.39 is 16.0 Å². The Bertz CT molecular complexity index is 711. The number of anilines is 1. The predicted molar refractivity (Wildman–Crippen MR) is 70.3 cm³/mol. The minimum absolute atomic E-state index is 0.0423. The van der Waals surface area contributed by atoms with Crippen LogP contribution in [-0.2, 0) is 19.6 Å². The van der Waals surface area contributed by atoms with E-state index in [1.165, 1.54) is 19.8 Å². The van der Waals surface area contributed by atoms with Crippen molar-refractivity contribution in [2.24, 2.45) is 0 Å². The summed E-state index contributed by atoms with van der Waals surface area (Å²) in [5, 5.41) is 0. The standard InChI is InChI=1S/C10H13N5O4S/c1-19-7(16)3-2-4-20(17,18)15-10-8-9(12-5-11-8)13-6-14-10/h5-6H,2-4H2,1H3,(H2,11,12,13,14,15). The number of H-pyrrole nitrogens is 1. The number of imidazole rings is 1. The van der Waals surface area contributed by atoms with Gasteiger partial charge in [0.15, 0.2) is 11.5 Å². The molecule has 0 unspecified atom stereocenters. The van der Waals surface area contributed by atoms with Gasteiger partial charge in [-0.15, -0.1) is 0 Å². The SMILES string of the molecule is COC(=O)CCCS(=O)(=O)Nc1ncnc2nc[nH]c12. The highest BCUT2D eigenvalue weighted by Crippen LogP contribution is 2.16. The summed E-state index contributed by atoms with van der Waals surface area (Å²) in [6.07, 6.45) is 2.82. The topological polar surface area (TPSA) is 127 Å². The first-order valence-electron chi connectivity index (χ1n) is 5.73. The Morgan fingerprint density at radius 2 is 2.20 bits per heavy atom. The molecule has 0 aliphatic carbocycles. The summed E-state index contributed by atoms with van der Waals surface area (Å²) in [4.78, 5) is 25.3. The Labute approximate surface area is 114 Å². The molecule has 9 nitrogen and oxygen atoms in total. The highest BCUT2D eigenvalue weighted by molar-refractivity contribution is 7.92. The lowest BCUT2D eigenvalue weighted by Crippen LogP contribution is -2.18. The molecular weight excluding hydrogens is 286 g/mol. The largest absolute Gasteiger partial charge is 0.469 e. The number of carbonyl (C=O) groups is 1. The highest BCUT2D eigenvalue weighted by atomic mass is 32.2. The van der Waals surface area contributed by atoms with Crippen molar-refractivity contribution in [3.05, 3.63) is 12.7 Å². The maximum Gasteiger partial charge on any atom is 0.305 e. The molecule has 0 saturated heterocycles. The van der Waals surface area contributed by atoms with Crippen LogP contribution in [0.5, 0.6) is 0 Å². The van der Waals surface area contributed by atoms with E-state index in [1.807, 2.05) is 0 Å². The van der Waals surface area contributed by atoms with Gasteiger partial charge < -0.3 is 9.72 Å². The lowest BCUT2D eigenvalue weighted by molar-refractivity contribution is -0.140. The molecule has 2 heterocycles. The van der Waals surface area contributed by atoms with Crippen LogP contribution in [0.1, 0.15) is 12.8 Å². The zero-order valence-electron chi connectivity index (χ0n) is 10.7. The first-order chi connectivity index (χ1) is 9.52. The Hall–Kier alpha value is -2.23. The number of carbonyl (C=O) groups excluding carboxylic acids is 1. The van der Waals surface area contributed by atoms with Gasteiger partial charge in [0.2, 0.25) is 10.0 Å². The number of rotatable bonds is 6. The fourth-order valence-corrected chi connectivity index (χ4v) is 2.63. The van der Waals surface area contributed by atoms with Crippen LogP contribution in [0.25, 0.3) is 11.2 Å². The molecular formula is C10H13N5O4S.